The summed E-state index contributed by atoms with van der Waals surface area (Å²) in [4.78, 5) is 15.5. The largest absolute Gasteiger partial charge is 0.497 e. The van der Waals surface area contributed by atoms with Gasteiger partial charge in [-0.05, 0) is 25.0 Å². The number of ether oxygens (including phenoxy) is 2. The van der Waals surface area contributed by atoms with Gasteiger partial charge in [-0.2, -0.15) is 9.61 Å². The van der Waals surface area contributed by atoms with Crippen molar-refractivity contribution in [3.05, 3.63) is 35.1 Å². The molecule has 26 heavy (non-hydrogen) atoms. The highest BCUT2D eigenvalue weighted by Gasteiger charge is 2.27. The van der Waals surface area contributed by atoms with Gasteiger partial charge in [0.25, 0.3) is 5.91 Å². The Bertz CT molecular complexity index is 879. The Morgan fingerprint density at radius 1 is 1.15 bits per heavy atom. The average molecular weight is 373 g/mol. The van der Waals surface area contributed by atoms with Crippen molar-refractivity contribution < 1.29 is 14.3 Å². The van der Waals surface area contributed by atoms with Gasteiger partial charge in [-0.1, -0.05) is 11.3 Å². The first kappa shape index (κ1) is 16.8. The van der Waals surface area contributed by atoms with Crippen LogP contribution in [0.1, 0.15) is 34.1 Å². The zero-order valence-electron chi connectivity index (χ0n) is 14.6. The monoisotopic (exact) mass is 373 g/mol. The normalized spacial score (nSPS) is 15.4. The predicted molar refractivity (Wildman–Crippen MR) is 96.1 cm³/mol. The van der Waals surface area contributed by atoms with Crippen molar-refractivity contribution in [2.24, 2.45) is 0 Å². The van der Waals surface area contributed by atoms with E-state index in [1.807, 2.05) is 4.90 Å². The van der Waals surface area contributed by atoms with Gasteiger partial charge in [0.2, 0.25) is 4.96 Å². The van der Waals surface area contributed by atoms with Crippen molar-refractivity contribution in [3.63, 3.8) is 0 Å². The average Bonchev–Trinajstić information content (AvgIpc) is 3.29. The number of likely N-dealkylation sites (tertiary alicyclic amines) is 1. The molecule has 1 fully saturated rings. The van der Waals surface area contributed by atoms with Gasteiger partial charge in [-0.15, -0.1) is 10.2 Å². The maximum absolute atomic E-state index is 12.9. The molecule has 0 radical (unpaired) electrons. The van der Waals surface area contributed by atoms with E-state index in [0.717, 1.165) is 22.8 Å². The lowest BCUT2D eigenvalue weighted by Crippen LogP contribution is -2.37. The van der Waals surface area contributed by atoms with E-state index in [1.165, 1.54) is 0 Å². The number of hydrogen-bond donors (Lipinski definition) is 0. The van der Waals surface area contributed by atoms with E-state index in [4.69, 9.17) is 9.47 Å². The lowest BCUT2D eigenvalue weighted by molar-refractivity contribution is 0.0712. The van der Waals surface area contributed by atoms with E-state index in [0.29, 0.717) is 36.1 Å². The van der Waals surface area contributed by atoms with Gasteiger partial charge in [0.1, 0.15) is 22.8 Å². The molecule has 1 aromatic carbocycles. The van der Waals surface area contributed by atoms with Crippen LogP contribution in [-0.4, -0.2) is 57.9 Å². The minimum absolute atomic E-state index is 0.00112. The predicted octanol–water partition coefficient (Wildman–Crippen LogP) is 2.22. The molecule has 1 amide bonds. The van der Waals surface area contributed by atoms with Crippen LogP contribution in [0.5, 0.6) is 11.5 Å². The highest BCUT2D eigenvalue weighted by Crippen LogP contribution is 2.32. The number of benzene rings is 1. The molecule has 0 aliphatic carbocycles. The van der Waals surface area contributed by atoms with Crippen LogP contribution in [0.4, 0.5) is 0 Å². The van der Waals surface area contributed by atoms with Crippen molar-refractivity contribution in [2.45, 2.75) is 18.8 Å². The van der Waals surface area contributed by atoms with E-state index in [9.17, 15) is 4.79 Å². The number of hydrogen-bond acceptors (Lipinski definition) is 7. The lowest BCUT2D eigenvalue weighted by Gasteiger charge is -2.31. The summed E-state index contributed by atoms with van der Waals surface area (Å²) < 4.78 is 12.2. The van der Waals surface area contributed by atoms with Gasteiger partial charge in [0, 0.05) is 30.6 Å². The van der Waals surface area contributed by atoms with Crippen LogP contribution in [0.2, 0.25) is 0 Å². The number of carbonyl (C=O) groups is 1. The van der Waals surface area contributed by atoms with Crippen molar-refractivity contribution in [3.8, 4) is 11.5 Å². The summed E-state index contributed by atoms with van der Waals surface area (Å²) in [5.74, 6) is 1.58. The summed E-state index contributed by atoms with van der Waals surface area (Å²) in [7, 11) is 3.16. The fourth-order valence-electron chi connectivity index (χ4n) is 3.18. The molecular weight excluding hydrogens is 354 g/mol. The second-order valence-corrected chi connectivity index (χ2v) is 7.15. The van der Waals surface area contributed by atoms with Crippen molar-refractivity contribution in [1.29, 1.82) is 0 Å². The molecule has 0 N–H and O–H groups in total. The molecule has 136 valence electrons. The first-order valence-electron chi connectivity index (χ1n) is 8.37. The summed E-state index contributed by atoms with van der Waals surface area (Å²) in [6, 6.07) is 5.26. The third kappa shape index (κ3) is 3.10. The molecule has 1 saturated heterocycles. The van der Waals surface area contributed by atoms with Gasteiger partial charge in [-0.25, -0.2) is 0 Å². The molecule has 0 bridgehead atoms. The van der Waals surface area contributed by atoms with E-state index >= 15 is 0 Å². The minimum atomic E-state index is -0.00112. The highest BCUT2D eigenvalue weighted by atomic mass is 32.1. The number of amides is 1. The molecule has 3 aromatic rings. The number of rotatable bonds is 4. The van der Waals surface area contributed by atoms with Crippen molar-refractivity contribution in [1.82, 2.24) is 24.7 Å². The quantitative estimate of drug-likeness (QED) is 0.697. The Morgan fingerprint density at radius 2 is 1.85 bits per heavy atom. The third-order valence-electron chi connectivity index (χ3n) is 4.63. The maximum Gasteiger partial charge on any atom is 0.254 e. The Kier molecular flexibility index (Phi) is 4.46. The summed E-state index contributed by atoms with van der Waals surface area (Å²) in [5, 5.41) is 13.5. The van der Waals surface area contributed by atoms with Crippen molar-refractivity contribution in [2.75, 3.05) is 27.3 Å². The highest BCUT2D eigenvalue weighted by molar-refractivity contribution is 7.16. The van der Waals surface area contributed by atoms with Crippen molar-refractivity contribution >= 4 is 22.2 Å². The molecule has 0 atom stereocenters. The molecule has 0 unspecified atom stereocenters. The first-order chi connectivity index (χ1) is 12.7. The van der Waals surface area contributed by atoms with Crippen LogP contribution in [0, 0.1) is 0 Å². The number of aromatic nitrogens is 4. The second-order valence-electron chi connectivity index (χ2n) is 6.17. The van der Waals surface area contributed by atoms with Gasteiger partial charge < -0.3 is 14.4 Å². The Hall–Kier alpha value is -2.68. The summed E-state index contributed by atoms with van der Waals surface area (Å²) >= 11 is 1.57. The fourth-order valence-corrected chi connectivity index (χ4v) is 4.17. The van der Waals surface area contributed by atoms with Crippen LogP contribution in [0.25, 0.3) is 4.96 Å². The summed E-state index contributed by atoms with van der Waals surface area (Å²) in [5.41, 5.74) is 0.582. The van der Waals surface area contributed by atoms with Gasteiger partial charge in [-0.3, -0.25) is 4.79 Å². The van der Waals surface area contributed by atoms with Crippen LogP contribution in [-0.2, 0) is 0 Å². The second kappa shape index (κ2) is 6.91. The molecule has 1 aliphatic rings. The van der Waals surface area contributed by atoms with Crippen LogP contribution < -0.4 is 9.47 Å². The van der Waals surface area contributed by atoms with E-state index in [2.05, 4.69) is 15.3 Å². The number of fused-ring (bicyclic) bond motifs is 1. The van der Waals surface area contributed by atoms with E-state index in [1.54, 1.807) is 54.6 Å². The van der Waals surface area contributed by atoms with Crippen LogP contribution in [0.15, 0.2) is 24.5 Å². The molecule has 9 heteroatoms. The standard InChI is InChI=1S/C17H19N5O3S/c1-24-13-7-12(8-14(9-13)25-2)16(23)21-5-3-11(4-6-21)15-20-22-10-18-19-17(22)26-15/h7-11H,3-6H2,1-2H3. The third-order valence-corrected chi connectivity index (χ3v) is 5.71. The van der Waals surface area contributed by atoms with E-state index in [-0.39, 0.29) is 5.91 Å². The molecule has 3 heterocycles. The van der Waals surface area contributed by atoms with Crippen LogP contribution >= 0.6 is 11.3 Å². The van der Waals surface area contributed by atoms with Gasteiger partial charge in [0.15, 0.2) is 0 Å². The summed E-state index contributed by atoms with van der Waals surface area (Å²) in [6.45, 7) is 1.40. The number of carbonyl (C=O) groups excluding carboxylic acids is 1. The minimum Gasteiger partial charge on any atom is -0.497 e. The molecular formula is C17H19N5O3S. The van der Waals surface area contributed by atoms with Gasteiger partial charge >= 0.3 is 0 Å². The number of piperidine rings is 1. The Balaban J connectivity index is 1.45. The maximum atomic E-state index is 12.9. The van der Waals surface area contributed by atoms with Crippen LogP contribution in [0.3, 0.4) is 0 Å². The Labute approximate surface area is 154 Å². The smallest absolute Gasteiger partial charge is 0.254 e. The molecule has 8 nitrogen and oxygen atoms in total. The number of methoxy groups -OCH3 is 2. The molecule has 0 spiro atoms. The lowest BCUT2D eigenvalue weighted by atomic mass is 9.97. The topological polar surface area (TPSA) is 81.9 Å². The summed E-state index contributed by atoms with van der Waals surface area (Å²) in [6.07, 6.45) is 3.39. The van der Waals surface area contributed by atoms with Gasteiger partial charge in [0.05, 0.1) is 14.2 Å². The SMILES string of the molecule is COc1cc(OC)cc(C(=O)N2CCC(c3nn4cnnc4s3)CC2)c1. The zero-order chi connectivity index (χ0) is 18.1. The van der Waals surface area contributed by atoms with E-state index < -0.39 is 0 Å². The molecule has 0 saturated carbocycles. The Morgan fingerprint density at radius 3 is 2.46 bits per heavy atom. The molecule has 1 aliphatic heterocycles. The first-order valence-corrected chi connectivity index (χ1v) is 9.18. The number of nitrogens with zero attached hydrogens (tertiary/aromatic N) is 5. The fraction of sp³-hybridized carbons (Fsp3) is 0.412. The molecule has 2 aromatic heterocycles. The zero-order valence-corrected chi connectivity index (χ0v) is 15.4. The molecule has 4 rings (SSSR count).